The Balaban J connectivity index is 1.53. The Kier molecular flexibility index (Phi) is 4.43. The smallest absolute Gasteiger partial charge is 0.253 e. The van der Waals surface area contributed by atoms with E-state index in [1.165, 1.54) is 5.56 Å². The molecule has 2 saturated heterocycles. The summed E-state index contributed by atoms with van der Waals surface area (Å²) in [5.41, 5.74) is 2.04. The highest BCUT2D eigenvalue weighted by Gasteiger charge is 2.36. The van der Waals surface area contributed by atoms with Gasteiger partial charge in [-0.25, -0.2) is 0 Å². The van der Waals surface area contributed by atoms with E-state index in [1.807, 2.05) is 29.2 Å². The SMILES string of the molecule is CCCc1ccc(C(=O)N2CC(N3CCNC(=O)C3)C2)cc1. The number of hydrogen-bond donors (Lipinski definition) is 1. The summed E-state index contributed by atoms with van der Waals surface area (Å²) in [6.45, 7) is 5.65. The molecule has 3 rings (SSSR count). The first-order valence-corrected chi connectivity index (χ1v) is 8.06. The second-order valence-electron chi connectivity index (χ2n) is 6.13. The van der Waals surface area contributed by atoms with E-state index in [0.29, 0.717) is 19.1 Å². The van der Waals surface area contributed by atoms with Gasteiger partial charge in [-0.05, 0) is 24.1 Å². The summed E-state index contributed by atoms with van der Waals surface area (Å²) < 4.78 is 0. The molecular weight excluding hydrogens is 278 g/mol. The van der Waals surface area contributed by atoms with Crippen LogP contribution in [0.4, 0.5) is 0 Å². The lowest BCUT2D eigenvalue weighted by molar-refractivity contribution is -0.126. The van der Waals surface area contributed by atoms with Crippen molar-refractivity contribution < 1.29 is 9.59 Å². The van der Waals surface area contributed by atoms with Gasteiger partial charge in [0.1, 0.15) is 0 Å². The Labute approximate surface area is 131 Å². The van der Waals surface area contributed by atoms with E-state index >= 15 is 0 Å². The van der Waals surface area contributed by atoms with Crippen LogP contribution in [-0.2, 0) is 11.2 Å². The number of benzene rings is 1. The van der Waals surface area contributed by atoms with Gasteiger partial charge in [0.25, 0.3) is 5.91 Å². The number of carbonyl (C=O) groups excluding carboxylic acids is 2. The van der Waals surface area contributed by atoms with Gasteiger partial charge >= 0.3 is 0 Å². The van der Waals surface area contributed by atoms with Crippen LogP contribution in [0.15, 0.2) is 24.3 Å². The van der Waals surface area contributed by atoms with Crippen molar-refractivity contribution in [2.75, 3.05) is 32.7 Å². The number of carbonyl (C=O) groups is 2. The van der Waals surface area contributed by atoms with Gasteiger partial charge in [-0.2, -0.15) is 0 Å². The van der Waals surface area contributed by atoms with Crippen LogP contribution < -0.4 is 5.32 Å². The van der Waals surface area contributed by atoms with Crippen molar-refractivity contribution >= 4 is 11.8 Å². The Hall–Kier alpha value is -1.88. The van der Waals surface area contributed by atoms with Crippen LogP contribution in [0.3, 0.4) is 0 Å². The Morgan fingerprint density at radius 2 is 2.00 bits per heavy atom. The molecule has 0 aromatic heterocycles. The molecule has 0 bridgehead atoms. The number of aryl methyl sites for hydroxylation is 1. The van der Waals surface area contributed by atoms with Gasteiger partial charge in [0.2, 0.25) is 5.91 Å². The number of hydrogen-bond acceptors (Lipinski definition) is 3. The van der Waals surface area contributed by atoms with Crippen molar-refractivity contribution in [3.8, 4) is 0 Å². The van der Waals surface area contributed by atoms with Crippen LogP contribution >= 0.6 is 0 Å². The highest BCUT2D eigenvalue weighted by molar-refractivity contribution is 5.94. The average Bonchev–Trinajstić information content (AvgIpc) is 2.47. The fraction of sp³-hybridized carbons (Fsp3) is 0.529. The van der Waals surface area contributed by atoms with E-state index in [9.17, 15) is 9.59 Å². The number of rotatable bonds is 4. The zero-order valence-electron chi connectivity index (χ0n) is 13.0. The van der Waals surface area contributed by atoms with Gasteiger partial charge in [0, 0.05) is 37.8 Å². The monoisotopic (exact) mass is 301 g/mol. The molecule has 5 nitrogen and oxygen atoms in total. The van der Waals surface area contributed by atoms with E-state index in [2.05, 4.69) is 17.1 Å². The maximum atomic E-state index is 12.4. The van der Waals surface area contributed by atoms with Crippen molar-refractivity contribution in [3.63, 3.8) is 0 Å². The number of nitrogens with one attached hydrogen (secondary N) is 1. The molecule has 1 aromatic rings. The largest absolute Gasteiger partial charge is 0.354 e. The first-order chi connectivity index (χ1) is 10.7. The standard InChI is InChI=1S/C17H23N3O2/c1-2-3-13-4-6-14(7-5-13)17(22)20-10-15(11-20)19-9-8-18-16(21)12-19/h4-7,15H,2-3,8-12H2,1H3,(H,18,21). The van der Waals surface area contributed by atoms with Crippen LogP contribution in [-0.4, -0.2) is 60.4 Å². The lowest BCUT2D eigenvalue weighted by Crippen LogP contribution is -2.64. The molecule has 118 valence electrons. The van der Waals surface area contributed by atoms with Crippen molar-refractivity contribution in [2.45, 2.75) is 25.8 Å². The Morgan fingerprint density at radius 3 is 2.64 bits per heavy atom. The lowest BCUT2D eigenvalue weighted by atomic mass is 10.0. The second kappa shape index (κ2) is 6.48. The molecule has 5 heteroatoms. The van der Waals surface area contributed by atoms with E-state index in [-0.39, 0.29) is 11.8 Å². The van der Waals surface area contributed by atoms with Crippen molar-refractivity contribution in [1.29, 1.82) is 0 Å². The molecule has 0 atom stereocenters. The maximum Gasteiger partial charge on any atom is 0.253 e. The van der Waals surface area contributed by atoms with E-state index in [0.717, 1.165) is 38.0 Å². The molecule has 0 unspecified atom stereocenters. The first kappa shape index (κ1) is 15.0. The summed E-state index contributed by atoms with van der Waals surface area (Å²) in [6.07, 6.45) is 2.17. The van der Waals surface area contributed by atoms with Crippen molar-refractivity contribution in [1.82, 2.24) is 15.1 Å². The molecule has 0 radical (unpaired) electrons. The highest BCUT2D eigenvalue weighted by atomic mass is 16.2. The van der Waals surface area contributed by atoms with Crippen molar-refractivity contribution in [2.24, 2.45) is 0 Å². The lowest BCUT2D eigenvalue weighted by Gasteiger charge is -2.46. The third-order valence-corrected chi connectivity index (χ3v) is 4.47. The molecule has 2 heterocycles. The van der Waals surface area contributed by atoms with Crippen LogP contribution in [0.5, 0.6) is 0 Å². The second-order valence-corrected chi connectivity index (χ2v) is 6.13. The minimum Gasteiger partial charge on any atom is -0.354 e. The van der Waals surface area contributed by atoms with Crippen molar-refractivity contribution in [3.05, 3.63) is 35.4 Å². The van der Waals surface area contributed by atoms with E-state index < -0.39 is 0 Å². The van der Waals surface area contributed by atoms with Crippen LogP contribution in [0.1, 0.15) is 29.3 Å². The molecule has 2 amide bonds. The van der Waals surface area contributed by atoms with Gasteiger partial charge in [-0.1, -0.05) is 25.5 Å². The summed E-state index contributed by atoms with van der Waals surface area (Å²) in [5.74, 6) is 0.184. The van der Waals surface area contributed by atoms with Gasteiger partial charge in [-0.3, -0.25) is 14.5 Å². The fourth-order valence-electron chi connectivity index (χ4n) is 3.11. The Bertz CT molecular complexity index is 550. The normalized spacial score (nSPS) is 19.7. The van der Waals surface area contributed by atoms with Gasteiger partial charge in [-0.15, -0.1) is 0 Å². The third kappa shape index (κ3) is 3.14. The minimum atomic E-state index is 0.0857. The quantitative estimate of drug-likeness (QED) is 0.899. The molecular formula is C17H23N3O2. The summed E-state index contributed by atoms with van der Waals surface area (Å²) in [6, 6.07) is 8.27. The summed E-state index contributed by atoms with van der Waals surface area (Å²) in [7, 11) is 0. The maximum absolute atomic E-state index is 12.4. The van der Waals surface area contributed by atoms with Crippen LogP contribution in [0.2, 0.25) is 0 Å². The summed E-state index contributed by atoms with van der Waals surface area (Å²) in [5, 5.41) is 2.83. The molecule has 1 aromatic carbocycles. The molecule has 0 saturated carbocycles. The van der Waals surface area contributed by atoms with E-state index in [4.69, 9.17) is 0 Å². The van der Waals surface area contributed by atoms with Crippen LogP contribution in [0, 0.1) is 0 Å². The van der Waals surface area contributed by atoms with E-state index in [1.54, 1.807) is 0 Å². The highest BCUT2D eigenvalue weighted by Crippen LogP contribution is 2.19. The molecule has 2 aliphatic heterocycles. The molecule has 2 fully saturated rings. The summed E-state index contributed by atoms with van der Waals surface area (Å²) >= 11 is 0. The predicted octanol–water partition coefficient (Wildman–Crippen LogP) is 0.895. The molecule has 0 aliphatic carbocycles. The average molecular weight is 301 g/mol. The molecule has 1 N–H and O–H groups in total. The Morgan fingerprint density at radius 1 is 1.27 bits per heavy atom. The fourth-order valence-corrected chi connectivity index (χ4v) is 3.11. The van der Waals surface area contributed by atoms with Gasteiger partial charge in [0.15, 0.2) is 0 Å². The number of likely N-dealkylation sites (tertiary alicyclic amines) is 1. The minimum absolute atomic E-state index is 0.0857. The third-order valence-electron chi connectivity index (χ3n) is 4.47. The molecule has 22 heavy (non-hydrogen) atoms. The number of nitrogens with zero attached hydrogens (tertiary/aromatic N) is 2. The molecule has 0 spiro atoms. The number of piperazine rings is 1. The zero-order chi connectivity index (χ0) is 15.5. The van der Waals surface area contributed by atoms with Crippen LogP contribution in [0.25, 0.3) is 0 Å². The topological polar surface area (TPSA) is 52.7 Å². The zero-order valence-corrected chi connectivity index (χ0v) is 13.0. The predicted molar refractivity (Wildman–Crippen MR) is 84.7 cm³/mol. The van der Waals surface area contributed by atoms with Gasteiger partial charge in [0.05, 0.1) is 6.54 Å². The van der Waals surface area contributed by atoms with Gasteiger partial charge < -0.3 is 10.2 Å². The summed E-state index contributed by atoms with van der Waals surface area (Å²) in [4.78, 5) is 27.9. The number of amides is 2. The molecule has 2 aliphatic rings. The first-order valence-electron chi connectivity index (χ1n) is 8.06.